The average Bonchev–Trinajstić information content (AvgIpc) is 3.37. The molecular formula is C25H20F2N4O3. The minimum atomic E-state index is -0.941. The van der Waals surface area contributed by atoms with Crippen molar-refractivity contribution in [2.24, 2.45) is 7.05 Å². The van der Waals surface area contributed by atoms with E-state index in [0.29, 0.717) is 23.2 Å². The number of aromatic hydroxyl groups is 2. The Balaban J connectivity index is 1.54. The van der Waals surface area contributed by atoms with Crippen LogP contribution in [-0.2, 0) is 19.9 Å². The predicted octanol–water partition coefficient (Wildman–Crippen LogP) is 4.19. The van der Waals surface area contributed by atoms with Crippen molar-refractivity contribution in [3.63, 3.8) is 0 Å². The van der Waals surface area contributed by atoms with Gasteiger partial charge in [0.2, 0.25) is 0 Å². The maximum absolute atomic E-state index is 13.5. The third kappa shape index (κ3) is 3.71. The number of nitrogens with zero attached hydrogens (tertiary/aromatic N) is 3. The van der Waals surface area contributed by atoms with E-state index in [4.69, 9.17) is 0 Å². The van der Waals surface area contributed by atoms with Crippen molar-refractivity contribution in [2.45, 2.75) is 12.8 Å². The second kappa shape index (κ2) is 8.18. The molecule has 0 fully saturated rings. The first-order valence-corrected chi connectivity index (χ1v) is 10.5. The lowest BCUT2D eigenvalue weighted by Gasteiger charge is -2.12. The summed E-state index contributed by atoms with van der Waals surface area (Å²) in [6.07, 6.45) is 2.53. The van der Waals surface area contributed by atoms with Crippen LogP contribution in [0.4, 0.5) is 8.78 Å². The van der Waals surface area contributed by atoms with E-state index in [2.05, 4.69) is 10.2 Å². The molecule has 0 atom stereocenters. The Hall–Kier alpha value is -4.40. The van der Waals surface area contributed by atoms with Gasteiger partial charge in [-0.05, 0) is 66.4 Å². The molecule has 7 nitrogen and oxygen atoms in total. The number of aromatic amines is 1. The van der Waals surface area contributed by atoms with Crippen molar-refractivity contribution >= 4 is 10.9 Å². The lowest BCUT2D eigenvalue weighted by Crippen LogP contribution is -2.15. The molecule has 172 valence electrons. The summed E-state index contributed by atoms with van der Waals surface area (Å²) in [6.45, 7) is 0. The topological polar surface area (TPSA) is 96.1 Å². The van der Waals surface area contributed by atoms with Gasteiger partial charge in [-0.1, -0.05) is 6.07 Å². The molecule has 0 unspecified atom stereocenters. The molecule has 3 aromatic carbocycles. The zero-order valence-corrected chi connectivity index (χ0v) is 18.1. The first-order valence-electron chi connectivity index (χ1n) is 10.5. The molecule has 2 aromatic heterocycles. The fourth-order valence-corrected chi connectivity index (χ4v) is 4.10. The van der Waals surface area contributed by atoms with E-state index in [9.17, 15) is 23.8 Å². The molecule has 0 spiro atoms. The lowest BCUT2D eigenvalue weighted by molar-refractivity contribution is 0.446. The number of hydrogen-bond acceptors (Lipinski definition) is 4. The Morgan fingerprint density at radius 2 is 1.76 bits per heavy atom. The number of H-pyrrole nitrogens is 1. The quantitative estimate of drug-likeness (QED) is 0.365. The van der Waals surface area contributed by atoms with Gasteiger partial charge < -0.3 is 14.8 Å². The van der Waals surface area contributed by atoms with Gasteiger partial charge in [0.25, 0.3) is 0 Å². The number of hydrogen-bond donors (Lipinski definition) is 3. The van der Waals surface area contributed by atoms with Crippen molar-refractivity contribution in [2.75, 3.05) is 0 Å². The van der Waals surface area contributed by atoms with Gasteiger partial charge in [-0.25, -0.2) is 23.2 Å². The summed E-state index contributed by atoms with van der Waals surface area (Å²) < 4.78 is 30.0. The molecule has 3 N–H and O–H groups in total. The van der Waals surface area contributed by atoms with Crippen molar-refractivity contribution in [3.05, 3.63) is 94.0 Å². The Kier molecular flexibility index (Phi) is 5.16. The summed E-state index contributed by atoms with van der Waals surface area (Å²) in [4.78, 5) is 12.6. The predicted molar refractivity (Wildman–Crippen MR) is 123 cm³/mol. The molecule has 5 rings (SSSR count). The van der Waals surface area contributed by atoms with Crippen molar-refractivity contribution in [1.29, 1.82) is 0 Å². The number of rotatable bonds is 5. The number of phenols is 2. The van der Waals surface area contributed by atoms with E-state index < -0.39 is 17.3 Å². The third-order valence-corrected chi connectivity index (χ3v) is 5.90. The molecule has 9 heteroatoms. The van der Waals surface area contributed by atoms with E-state index in [1.54, 1.807) is 6.07 Å². The van der Waals surface area contributed by atoms with E-state index >= 15 is 0 Å². The van der Waals surface area contributed by atoms with Gasteiger partial charge in [-0.2, -0.15) is 5.10 Å². The number of benzene rings is 3. The van der Waals surface area contributed by atoms with Gasteiger partial charge in [-0.15, -0.1) is 0 Å². The summed E-state index contributed by atoms with van der Waals surface area (Å²) >= 11 is 0. The van der Waals surface area contributed by atoms with Gasteiger partial charge in [0, 0.05) is 30.2 Å². The SMILES string of the molecule is Cn1ccc2cc(-n3c(-c4cc(CCc5ccc(F)c(F)c5)c(O)cc4O)n[nH]c3=O)ccc21. The number of halogens is 2. The van der Waals surface area contributed by atoms with E-state index in [1.165, 1.54) is 22.8 Å². The summed E-state index contributed by atoms with van der Waals surface area (Å²) in [5.41, 5.74) is 2.32. The van der Waals surface area contributed by atoms with Crippen LogP contribution in [0.3, 0.4) is 0 Å². The van der Waals surface area contributed by atoms with Crippen molar-refractivity contribution < 1.29 is 19.0 Å². The number of aryl methyl sites for hydroxylation is 3. The molecule has 5 aromatic rings. The van der Waals surface area contributed by atoms with Gasteiger partial charge in [0.15, 0.2) is 17.5 Å². The molecule has 34 heavy (non-hydrogen) atoms. The molecule has 0 bridgehead atoms. The monoisotopic (exact) mass is 462 g/mol. The highest BCUT2D eigenvalue weighted by atomic mass is 19.2. The molecule has 0 saturated carbocycles. The highest BCUT2D eigenvalue weighted by molar-refractivity contribution is 5.82. The molecule has 0 aliphatic heterocycles. The average molecular weight is 462 g/mol. The fourth-order valence-electron chi connectivity index (χ4n) is 4.10. The number of fused-ring (bicyclic) bond motifs is 1. The smallest absolute Gasteiger partial charge is 0.348 e. The Labute approximate surface area is 192 Å². The van der Waals surface area contributed by atoms with Crippen LogP contribution >= 0.6 is 0 Å². The minimum absolute atomic E-state index is 0.154. The molecule has 0 saturated heterocycles. The van der Waals surface area contributed by atoms with Crippen molar-refractivity contribution in [1.82, 2.24) is 19.3 Å². The summed E-state index contributed by atoms with van der Waals surface area (Å²) in [7, 11) is 1.92. The van der Waals surface area contributed by atoms with Gasteiger partial charge in [0.1, 0.15) is 11.5 Å². The van der Waals surface area contributed by atoms with Gasteiger partial charge in [-0.3, -0.25) is 0 Å². The van der Waals surface area contributed by atoms with Gasteiger partial charge in [0.05, 0.1) is 11.3 Å². The highest BCUT2D eigenvalue weighted by Crippen LogP contribution is 2.35. The standard InChI is InChI=1S/C25H20F2N4O3/c1-30-9-8-15-11-17(5-7-21(15)30)31-24(28-29-25(31)34)18-12-16(22(32)13-23(18)33)4-2-14-3-6-19(26)20(27)10-14/h3,5-13,32-33H,2,4H2,1H3,(H,29,34). The second-order valence-electron chi connectivity index (χ2n) is 8.10. The van der Waals surface area contributed by atoms with E-state index in [0.717, 1.165) is 23.0 Å². The van der Waals surface area contributed by atoms with Crippen LogP contribution in [0, 0.1) is 11.6 Å². The molecular weight excluding hydrogens is 442 g/mol. The maximum Gasteiger partial charge on any atom is 0.348 e. The zero-order valence-electron chi connectivity index (χ0n) is 18.1. The number of aromatic nitrogens is 4. The van der Waals surface area contributed by atoms with Crippen LogP contribution in [0.25, 0.3) is 28.0 Å². The molecule has 2 heterocycles. The fraction of sp³-hybridized carbons (Fsp3) is 0.120. The first-order chi connectivity index (χ1) is 16.3. The molecule has 0 aliphatic carbocycles. The minimum Gasteiger partial charge on any atom is -0.508 e. The zero-order chi connectivity index (χ0) is 24.0. The largest absolute Gasteiger partial charge is 0.508 e. The molecule has 0 aliphatic rings. The first kappa shape index (κ1) is 21.4. The summed E-state index contributed by atoms with van der Waals surface area (Å²) in [5.74, 6) is -2.10. The Morgan fingerprint density at radius 3 is 2.56 bits per heavy atom. The lowest BCUT2D eigenvalue weighted by atomic mass is 10.0. The third-order valence-electron chi connectivity index (χ3n) is 5.90. The summed E-state index contributed by atoms with van der Waals surface area (Å²) in [5, 5.41) is 28.4. The van der Waals surface area contributed by atoms with Crippen LogP contribution in [-0.4, -0.2) is 29.5 Å². The summed E-state index contributed by atoms with van der Waals surface area (Å²) in [6, 6.07) is 13.8. The Bertz CT molecular complexity index is 1600. The van der Waals surface area contributed by atoms with Gasteiger partial charge >= 0.3 is 5.69 Å². The van der Waals surface area contributed by atoms with Crippen molar-refractivity contribution in [3.8, 4) is 28.6 Å². The van der Waals surface area contributed by atoms with Crippen LogP contribution in [0.1, 0.15) is 11.1 Å². The number of phenolic OH excluding ortho intramolecular Hbond substituents is 2. The van der Waals surface area contributed by atoms with Crippen LogP contribution in [0.2, 0.25) is 0 Å². The second-order valence-corrected chi connectivity index (χ2v) is 8.10. The van der Waals surface area contributed by atoms with Crippen LogP contribution < -0.4 is 5.69 Å². The molecule has 0 radical (unpaired) electrons. The highest BCUT2D eigenvalue weighted by Gasteiger charge is 2.19. The van der Waals surface area contributed by atoms with Crippen LogP contribution in [0.5, 0.6) is 11.5 Å². The normalized spacial score (nSPS) is 11.4. The van der Waals surface area contributed by atoms with Crippen LogP contribution in [0.15, 0.2) is 65.6 Å². The van der Waals surface area contributed by atoms with E-state index in [1.807, 2.05) is 36.0 Å². The Morgan fingerprint density at radius 1 is 0.941 bits per heavy atom. The molecule has 0 amide bonds. The number of nitrogens with one attached hydrogen (secondary N) is 1. The maximum atomic E-state index is 13.5. The van der Waals surface area contributed by atoms with E-state index in [-0.39, 0.29) is 29.3 Å².